The number of rotatable bonds is 5. The van der Waals surface area contributed by atoms with E-state index in [1.807, 2.05) is 24.3 Å². The normalized spacial score (nSPS) is 19.2. The number of carbonyl (C=O) groups excluding carboxylic acids is 1. The van der Waals surface area contributed by atoms with Gasteiger partial charge in [0.15, 0.2) is 0 Å². The van der Waals surface area contributed by atoms with Crippen molar-refractivity contribution in [1.29, 1.82) is 0 Å². The van der Waals surface area contributed by atoms with Gasteiger partial charge in [-0.2, -0.15) is 0 Å². The zero-order valence-corrected chi connectivity index (χ0v) is 10.2. The maximum absolute atomic E-state index is 11.9. The fourth-order valence-corrected chi connectivity index (χ4v) is 2.19. The summed E-state index contributed by atoms with van der Waals surface area (Å²) in [6.45, 7) is 0.985. The minimum Gasteiger partial charge on any atom is -0.497 e. The average Bonchev–Trinajstić information content (AvgIpc) is 2.90. The van der Waals surface area contributed by atoms with Crippen molar-refractivity contribution in [3.05, 3.63) is 29.8 Å². The van der Waals surface area contributed by atoms with Gasteiger partial charge in [0.25, 0.3) is 0 Å². The van der Waals surface area contributed by atoms with Gasteiger partial charge >= 0.3 is 0 Å². The first-order valence-corrected chi connectivity index (χ1v) is 6.18. The van der Waals surface area contributed by atoms with Gasteiger partial charge in [-0.3, -0.25) is 4.79 Å². The highest BCUT2D eigenvalue weighted by molar-refractivity contribution is 5.84. The lowest BCUT2D eigenvalue weighted by atomic mass is 10.0. The molecule has 0 radical (unpaired) electrons. The Bertz CT molecular complexity index is 366. The number of ether oxygens (including phenoxy) is 1. The number of benzene rings is 1. The molecule has 0 saturated carbocycles. The van der Waals surface area contributed by atoms with Crippen LogP contribution in [0, 0.1) is 0 Å². The highest BCUT2D eigenvalue weighted by Crippen LogP contribution is 2.14. The van der Waals surface area contributed by atoms with E-state index in [1.54, 1.807) is 7.11 Å². The Morgan fingerprint density at radius 3 is 2.76 bits per heavy atom. The van der Waals surface area contributed by atoms with E-state index in [9.17, 15) is 4.79 Å². The van der Waals surface area contributed by atoms with Crippen molar-refractivity contribution < 1.29 is 9.53 Å². The zero-order chi connectivity index (χ0) is 12.1. The van der Waals surface area contributed by atoms with E-state index in [-0.39, 0.29) is 6.04 Å². The predicted octanol–water partition coefficient (Wildman–Crippen LogP) is 1.95. The van der Waals surface area contributed by atoms with Crippen molar-refractivity contribution in [3.8, 4) is 5.75 Å². The van der Waals surface area contributed by atoms with Gasteiger partial charge < -0.3 is 10.1 Å². The van der Waals surface area contributed by atoms with Crippen LogP contribution in [0.1, 0.15) is 24.8 Å². The average molecular weight is 233 g/mol. The molecule has 3 heteroatoms. The standard InChI is InChI=1S/C14H19NO2/c1-17-12-7-4-11(5-8-12)6-9-14(16)13-3-2-10-15-13/h4-5,7-8,13,15H,2-3,6,9-10H2,1H3. The summed E-state index contributed by atoms with van der Waals surface area (Å²) in [6, 6.07) is 8.03. The van der Waals surface area contributed by atoms with Crippen LogP contribution in [0.4, 0.5) is 0 Å². The summed E-state index contributed by atoms with van der Waals surface area (Å²) in [5, 5.41) is 3.24. The first kappa shape index (κ1) is 12.1. The lowest BCUT2D eigenvalue weighted by molar-refractivity contribution is -0.120. The Hall–Kier alpha value is -1.35. The maximum Gasteiger partial charge on any atom is 0.150 e. The van der Waals surface area contributed by atoms with Gasteiger partial charge in [0, 0.05) is 6.42 Å². The van der Waals surface area contributed by atoms with E-state index in [2.05, 4.69) is 5.32 Å². The second-order valence-electron chi connectivity index (χ2n) is 4.46. The van der Waals surface area contributed by atoms with Gasteiger partial charge in [0.1, 0.15) is 11.5 Å². The van der Waals surface area contributed by atoms with Gasteiger partial charge in [-0.15, -0.1) is 0 Å². The summed E-state index contributed by atoms with van der Waals surface area (Å²) in [7, 11) is 1.66. The highest BCUT2D eigenvalue weighted by atomic mass is 16.5. The Morgan fingerprint density at radius 1 is 1.41 bits per heavy atom. The zero-order valence-electron chi connectivity index (χ0n) is 10.2. The molecule has 1 atom stereocenters. The molecule has 1 aliphatic rings. The predicted molar refractivity (Wildman–Crippen MR) is 67.3 cm³/mol. The second kappa shape index (κ2) is 5.82. The molecule has 17 heavy (non-hydrogen) atoms. The molecular weight excluding hydrogens is 214 g/mol. The van der Waals surface area contributed by atoms with Crippen LogP contribution in [0.3, 0.4) is 0 Å². The molecule has 1 aromatic rings. The molecule has 0 spiro atoms. The summed E-state index contributed by atoms with van der Waals surface area (Å²) in [5.74, 6) is 1.20. The number of aryl methyl sites for hydroxylation is 1. The Morgan fingerprint density at radius 2 is 2.18 bits per heavy atom. The molecule has 1 unspecified atom stereocenters. The third kappa shape index (κ3) is 3.30. The van der Waals surface area contributed by atoms with E-state index >= 15 is 0 Å². The molecule has 0 aromatic heterocycles. The number of nitrogens with one attached hydrogen (secondary N) is 1. The van der Waals surface area contributed by atoms with Crippen LogP contribution in [0.5, 0.6) is 5.75 Å². The van der Waals surface area contributed by atoms with Crippen LogP contribution in [-0.2, 0) is 11.2 Å². The number of hydrogen-bond donors (Lipinski definition) is 1. The minimum absolute atomic E-state index is 0.105. The maximum atomic E-state index is 11.9. The fourth-order valence-electron chi connectivity index (χ4n) is 2.19. The number of ketones is 1. The molecule has 1 heterocycles. The Balaban J connectivity index is 1.82. The summed E-state index contributed by atoms with van der Waals surface area (Å²) in [4.78, 5) is 11.9. The van der Waals surface area contributed by atoms with Gasteiger partial charge in [0.2, 0.25) is 0 Å². The van der Waals surface area contributed by atoms with Crippen LogP contribution < -0.4 is 10.1 Å². The SMILES string of the molecule is COc1ccc(CCC(=O)C2CCCN2)cc1. The number of methoxy groups -OCH3 is 1. The molecule has 3 nitrogen and oxygen atoms in total. The smallest absolute Gasteiger partial charge is 0.150 e. The molecule has 92 valence electrons. The van der Waals surface area contributed by atoms with Crippen molar-refractivity contribution in [1.82, 2.24) is 5.32 Å². The largest absolute Gasteiger partial charge is 0.497 e. The molecule has 0 amide bonds. The van der Waals surface area contributed by atoms with Crippen molar-refractivity contribution in [2.75, 3.05) is 13.7 Å². The molecule has 1 aliphatic heterocycles. The lowest BCUT2D eigenvalue weighted by Crippen LogP contribution is -2.30. The van der Waals surface area contributed by atoms with Crippen LogP contribution in [0.25, 0.3) is 0 Å². The summed E-state index contributed by atoms with van der Waals surface area (Å²) in [5.41, 5.74) is 1.19. The van der Waals surface area contributed by atoms with Crippen LogP contribution in [-0.4, -0.2) is 25.5 Å². The van der Waals surface area contributed by atoms with E-state index < -0.39 is 0 Å². The van der Waals surface area contributed by atoms with Gasteiger partial charge in [-0.05, 0) is 43.5 Å². The van der Waals surface area contributed by atoms with Gasteiger partial charge in [0.05, 0.1) is 13.2 Å². The molecule has 1 aromatic carbocycles. The number of carbonyl (C=O) groups is 1. The monoisotopic (exact) mass is 233 g/mol. The fraction of sp³-hybridized carbons (Fsp3) is 0.500. The van der Waals surface area contributed by atoms with Gasteiger partial charge in [-0.1, -0.05) is 12.1 Å². The molecule has 2 rings (SSSR count). The summed E-state index contributed by atoms with van der Waals surface area (Å²) >= 11 is 0. The van der Waals surface area contributed by atoms with Crippen LogP contribution in [0.15, 0.2) is 24.3 Å². The van der Waals surface area contributed by atoms with Crippen LogP contribution in [0.2, 0.25) is 0 Å². The lowest BCUT2D eigenvalue weighted by Gasteiger charge is -2.08. The first-order valence-electron chi connectivity index (χ1n) is 6.18. The molecule has 1 saturated heterocycles. The third-order valence-electron chi connectivity index (χ3n) is 3.27. The van der Waals surface area contributed by atoms with Crippen molar-refractivity contribution in [2.45, 2.75) is 31.7 Å². The van der Waals surface area contributed by atoms with E-state index in [0.29, 0.717) is 12.2 Å². The quantitative estimate of drug-likeness (QED) is 0.844. The summed E-state index contributed by atoms with van der Waals surface area (Å²) < 4.78 is 5.10. The van der Waals surface area contributed by atoms with E-state index in [1.165, 1.54) is 5.56 Å². The molecule has 0 bridgehead atoms. The third-order valence-corrected chi connectivity index (χ3v) is 3.27. The number of hydrogen-bond acceptors (Lipinski definition) is 3. The molecular formula is C14H19NO2. The van der Waals surface area contributed by atoms with Crippen molar-refractivity contribution in [2.24, 2.45) is 0 Å². The Labute approximate surface area is 102 Å². The van der Waals surface area contributed by atoms with E-state index in [0.717, 1.165) is 31.6 Å². The molecule has 1 N–H and O–H groups in total. The molecule has 1 fully saturated rings. The van der Waals surface area contributed by atoms with Crippen molar-refractivity contribution >= 4 is 5.78 Å². The number of Topliss-reactive ketones (excluding diaryl/α,β-unsaturated/α-hetero) is 1. The summed E-state index contributed by atoms with van der Waals surface area (Å²) in [6.07, 6.45) is 3.57. The van der Waals surface area contributed by atoms with Crippen LogP contribution >= 0.6 is 0 Å². The van der Waals surface area contributed by atoms with Crippen molar-refractivity contribution in [3.63, 3.8) is 0 Å². The molecule has 0 aliphatic carbocycles. The minimum atomic E-state index is 0.105. The van der Waals surface area contributed by atoms with E-state index in [4.69, 9.17) is 4.74 Å². The first-order chi connectivity index (χ1) is 8.29. The Kier molecular flexibility index (Phi) is 4.15. The van der Waals surface area contributed by atoms with Gasteiger partial charge in [-0.25, -0.2) is 0 Å². The topological polar surface area (TPSA) is 38.3 Å². The second-order valence-corrected chi connectivity index (χ2v) is 4.46. The highest BCUT2D eigenvalue weighted by Gasteiger charge is 2.21.